The number of carboxylic acid groups (broad SMARTS) is 1. The van der Waals surface area contributed by atoms with Crippen LogP contribution >= 0.6 is 11.6 Å². The van der Waals surface area contributed by atoms with Crippen LogP contribution in [0.4, 0.5) is 0 Å². The second-order valence-corrected chi connectivity index (χ2v) is 14.8. The Balaban J connectivity index is 1.66. The van der Waals surface area contributed by atoms with Gasteiger partial charge in [0.2, 0.25) is 5.60 Å². The van der Waals surface area contributed by atoms with Gasteiger partial charge in [-0.15, -0.1) is 0 Å². The first kappa shape index (κ1) is 22.2. The van der Waals surface area contributed by atoms with Crippen molar-refractivity contribution in [3.8, 4) is 17.6 Å². The van der Waals surface area contributed by atoms with Crippen LogP contribution in [0, 0.1) is 0 Å². The second-order valence-electron chi connectivity index (χ2n) is 8.72. The smallest absolute Gasteiger partial charge is 0.400 e. The van der Waals surface area contributed by atoms with Crippen LogP contribution in [0.15, 0.2) is 46.9 Å². The van der Waals surface area contributed by atoms with Crippen LogP contribution in [-0.2, 0) is 4.79 Å². The predicted octanol–water partition coefficient (Wildman–Crippen LogP) is 6.61. The number of aliphatic carboxylic acids is 1. The summed E-state index contributed by atoms with van der Waals surface area (Å²) in [6, 6.07) is 12.9. The lowest BCUT2D eigenvalue weighted by Gasteiger charge is -2.27. The van der Waals surface area contributed by atoms with Crippen LogP contribution in [-0.4, -0.2) is 29.7 Å². The maximum absolute atomic E-state index is 11.8. The van der Waals surface area contributed by atoms with E-state index in [2.05, 4.69) is 24.6 Å². The Morgan fingerprint density at radius 3 is 2.47 bits per heavy atom. The van der Waals surface area contributed by atoms with Gasteiger partial charge in [-0.2, -0.15) is 4.98 Å². The summed E-state index contributed by atoms with van der Waals surface area (Å²) in [6.45, 7) is 8.44. The van der Waals surface area contributed by atoms with Crippen molar-refractivity contribution in [2.75, 3.05) is 0 Å². The molecule has 0 aliphatic rings. The van der Waals surface area contributed by atoms with Gasteiger partial charge in [-0.25, -0.2) is 4.79 Å². The summed E-state index contributed by atoms with van der Waals surface area (Å²) in [7, 11) is -1.23. The molecule has 2 aromatic carbocycles. The van der Waals surface area contributed by atoms with E-state index in [1.165, 1.54) is 0 Å². The zero-order chi connectivity index (χ0) is 21.9. The van der Waals surface area contributed by atoms with Crippen LogP contribution in [0.3, 0.4) is 0 Å². The Morgan fingerprint density at radius 2 is 1.83 bits per heavy atom. The van der Waals surface area contributed by atoms with E-state index in [-0.39, 0.29) is 6.08 Å². The van der Waals surface area contributed by atoms with Crippen molar-refractivity contribution >= 4 is 36.7 Å². The third kappa shape index (κ3) is 5.76. The zero-order valence-electron chi connectivity index (χ0n) is 17.6. The largest absolute Gasteiger partial charge is 0.478 e. The summed E-state index contributed by atoms with van der Waals surface area (Å²) in [5, 5.41) is 10.2. The van der Waals surface area contributed by atoms with Gasteiger partial charge in [0.25, 0.3) is 0 Å². The maximum Gasteiger partial charge on any atom is 0.400 e. The average molecular weight is 448 g/mol. The van der Waals surface area contributed by atoms with Gasteiger partial charge in [0.05, 0.1) is 0 Å². The number of fused-ring (bicyclic) bond motifs is 1. The summed E-state index contributed by atoms with van der Waals surface area (Å²) in [6.07, 6.45) is 1.38. The van der Waals surface area contributed by atoms with Gasteiger partial charge in [0.15, 0.2) is 5.58 Å². The molecular weight excluding hydrogens is 422 g/mol. The van der Waals surface area contributed by atoms with E-state index in [0.717, 1.165) is 12.5 Å². The molecule has 0 bridgehead atoms. The van der Waals surface area contributed by atoms with Crippen LogP contribution in [0.1, 0.15) is 19.8 Å². The van der Waals surface area contributed by atoms with Crippen LogP contribution in [0.5, 0.6) is 17.6 Å². The number of ether oxygens (including phenoxy) is 2. The minimum atomic E-state index is -1.28. The molecule has 0 saturated heterocycles. The van der Waals surface area contributed by atoms with Gasteiger partial charge in [0, 0.05) is 19.2 Å². The van der Waals surface area contributed by atoms with E-state index in [1.807, 2.05) is 0 Å². The average Bonchev–Trinajstić information content (AvgIpc) is 3.03. The normalized spacial score (nSPS) is 13.8. The number of rotatable bonds is 9. The highest BCUT2D eigenvalue weighted by Gasteiger charge is 2.35. The van der Waals surface area contributed by atoms with Gasteiger partial charge in [0.1, 0.15) is 17.0 Å². The number of carbonyl (C=O) groups is 1. The molecule has 30 heavy (non-hydrogen) atoms. The monoisotopic (exact) mass is 447 g/mol. The lowest BCUT2D eigenvalue weighted by atomic mass is 10.0. The standard InChI is InChI=1S/C22H26ClNO5Si/c1-22(20(25)26,12-5-13-30(2,3)4)29-17-9-7-16(8-10-17)27-21-24-18-11-6-15(23)14-19(18)28-21/h6-11,14H,5,12-13H2,1-4H3,(H,25,26). The number of halogens is 1. The summed E-state index contributed by atoms with van der Waals surface area (Å²) >= 11 is 5.95. The maximum atomic E-state index is 11.8. The van der Waals surface area contributed by atoms with Gasteiger partial charge >= 0.3 is 12.0 Å². The minimum absolute atomic E-state index is 0.0997. The molecule has 0 spiro atoms. The predicted molar refractivity (Wildman–Crippen MR) is 120 cm³/mol. The van der Waals surface area contributed by atoms with Crippen LogP contribution < -0.4 is 9.47 Å². The molecule has 1 unspecified atom stereocenters. The van der Waals surface area contributed by atoms with Crippen molar-refractivity contribution in [2.45, 2.75) is 51.1 Å². The first-order valence-corrected chi connectivity index (χ1v) is 13.9. The fraction of sp³-hybridized carbons (Fsp3) is 0.364. The Morgan fingerprint density at radius 1 is 1.17 bits per heavy atom. The molecule has 1 N–H and O–H groups in total. The van der Waals surface area contributed by atoms with Gasteiger partial charge < -0.3 is 19.0 Å². The molecule has 0 aliphatic heterocycles. The van der Waals surface area contributed by atoms with E-state index in [4.69, 9.17) is 25.5 Å². The molecule has 0 radical (unpaired) electrons. The molecule has 1 heterocycles. The minimum Gasteiger partial charge on any atom is -0.478 e. The van der Waals surface area contributed by atoms with Crippen LogP contribution in [0.2, 0.25) is 30.7 Å². The number of oxazole rings is 1. The third-order valence-electron chi connectivity index (χ3n) is 4.74. The van der Waals surface area contributed by atoms with Crippen molar-refractivity contribution < 1.29 is 23.8 Å². The molecule has 0 fully saturated rings. The van der Waals surface area contributed by atoms with Gasteiger partial charge in [-0.05, 0) is 49.7 Å². The summed E-state index contributed by atoms with van der Waals surface area (Å²) in [4.78, 5) is 16.1. The number of aromatic nitrogens is 1. The molecule has 0 amide bonds. The number of nitrogens with zero attached hydrogens (tertiary/aromatic N) is 1. The zero-order valence-corrected chi connectivity index (χ0v) is 19.3. The topological polar surface area (TPSA) is 81.8 Å². The van der Waals surface area contributed by atoms with E-state index < -0.39 is 19.6 Å². The highest BCUT2D eigenvalue weighted by Crippen LogP contribution is 2.30. The quantitative estimate of drug-likeness (QED) is 0.371. The Labute approximate surface area is 181 Å². The number of carboxylic acids is 1. The molecule has 1 aromatic heterocycles. The molecule has 1 atom stereocenters. The molecule has 8 heteroatoms. The number of hydrogen-bond donors (Lipinski definition) is 1. The molecule has 160 valence electrons. The van der Waals surface area contributed by atoms with Gasteiger partial charge in [-0.3, -0.25) is 0 Å². The SMILES string of the molecule is CC(CCC[Si](C)(C)C)(Oc1ccc(Oc2nc3ccc(Cl)cc3o2)cc1)C(=O)O. The van der Waals surface area contributed by atoms with E-state index in [9.17, 15) is 9.90 Å². The fourth-order valence-electron chi connectivity index (χ4n) is 3.02. The van der Waals surface area contributed by atoms with Crippen molar-refractivity contribution in [3.63, 3.8) is 0 Å². The van der Waals surface area contributed by atoms with Crippen molar-refractivity contribution in [1.29, 1.82) is 0 Å². The van der Waals surface area contributed by atoms with E-state index in [0.29, 0.717) is 34.0 Å². The molecule has 3 aromatic rings. The highest BCUT2D eigenvalue weighted by molar-refractivity contribution is 6.76. The molecular formula is C22H26ClNO5Si. The third-order valence-corrected chi connectivity index (χ3v) is 6.82. The lowest BCUT2D eigenvalue weighted by molar-refractivity contribution is -0.154. The van der Waals surface area contributed by atoms with Gasteiger partial charge in [-0.1, -0.05) is 43.7 Å². The Hall–Kier alpha value is -2.51. The first-order chi connectivity index (χ1) is 14.0. The first-order valence-electron chi connectivity index (χ1n) is 9.81. The Bertz CT molecular complexity index is 1030. The molecule has 6 nitrogen and oxygen atoms in total. The van der Waals surface area contributed by atoms with E-state index in [1.54, 1.807) is 49.4 Å². The summed E-state index contributed by atoms with van der Waals surface area (Å²) in [5.74, 6) is -0.0103. The molecule has 0 aliphatic carbocycles. The number of hydrogen-bond acceptors (Lipinski definition) is 5. The summed E-state index contributed by atoms with van der Waals surface area (Å²) < 4.78 is 17.0. The molecule has 0 saturated carbocycles. The van der Waals surface area contributed by atoms with Crippen molar-refractivity contribution in [1.82, 2.24) is 4.98 Å². The van der Waals surface area contributed by atoms with Crippen molar-refractivity contribution in [2.24, 2.45) is 0 Å². The van der Waals surface area contributed by atoms with E-state index >= 15 is 0 Å². The molecule has 3 rings (SSSR count). The number of benzene rings is 2. The highest BCUT2D eigenvalue weighted by atomic mass is 35.5. The van der Waals surface area contributed by atoms with Crippen LogP contribution in [0.25, 0.3) is 11.1 Å². The Kier molecular flexibility index (Phi) is 6.43. The van der Waals surface area contributed by atoms with Crippen molar-refractivity contribution in [3.05, 3.63) is 47.5 Å². The fourth-order valence-corrected chi connectivity index (χ4v) is 4.41. The lowest BCUT2D eigenvalue weighted by Crippen LogP contribution is -2.41. The summed E-state index contributed by atoms with van der Waals surface area (Å²) in [5.41, 5.74) is -0.0976. The second kappa shape index (κ2) is 8.69.